The Morgan fingerprint density at radius 1 is 1.06 bits per heavy atom. The Balaban J connectivity index is 1.45. The van der Waals surface area contributed by atoms with Crippen LogP contribution in [0.4, 0.5) is 5.69 Å². The van der Waals surface area contributed by atoms with E-state index in [-0.39, 0.29) is 24.3 Å². The molecule has 0 bridgehead atoms. The smallest absolute Gasteiger partial charge is 0.242 e. The van der Waals surface area contributed by atoms with E-state index in [1.807, 2.05) is 50.8 Å². The van der Waals surface area contributed by atoms with Crippen molar-refractivity contribution in [3.63, 3.8) is 0 Å². The van der Waals surface area contributed by atoms with E-state index in [0.29, 0.717) is 13.0 Å². The first-order valence-electron chi connectivity index (χ1n) is 11.3. The van der Waals surface area contributed by atoms with Gasteiger partial charge in [-0.2, -0.15) is 0 Å². The summed E-state index contributed by atoms with van der Waals surface area (Å²) in [7, 11) is 0. The number of fused-ring (bicyclic) bond motifs is 1. The molecule has 1 aromatic heterocycles. The fourth-order valence-corrected chi connectivity index (χ4v) is 4.82. The maximum absolute atomic E-state index is 12.9. The molecule has 6 heteroatoms. The van der Waals surface area contributed by atoms with Crippen molar-refractivity contribution in [2.75, 3.05) is 24.5 Å². The highest BCUT2D eigenvalue weighted by Crippen LogP contribution is 2.33. The second kappa shape index (κ2) is 8.17. The molecule has 160 valence electrons. The zero-order valence-corrected chi connectivity index (χ0v) is 18.0. The summed E-state index contributed by atoms with van der Waals surface area (Å²) < 4.78 is 2.04. The number of hydrogen-bond acceptors (Lipinski definition) is 3. The van der Waals surface area contributed by atoms with E-state index in [1.54, 1.807) is 0 Å². The molecule has 2 aliphatic heterocycles. The number of rotatable bonds is 5. The van der Waals surface area contributed by atoms with Gasteiger partial charge in [-0.15, -0.1) is 0 Å². The van der Waals surface area contributed by atoms with E-state index in [4.69, 9.17) is 4.98 Å². The molecule has 3 heterocycles. The van der Waals surface area contributed by atoms with Gasteiger partial charge in [0.1, 0.15) is 12.4 Å². The van der Waals surface area contributed by atoms with Crippen LogP contribution in [0.25, 0.3) is 11.0 Å². The third-order valence-electron chi connectivity index (χ3n) is 6.58. The van der Waals surface area contributed by atoms with Crippen molar-refractivity contribution in [2.45, 2.75) is 45.1 Å². The van der Waals surface area contributed by atoms with Crippen molar-refractivity contribution >= 4 is 28.5 Å². The predicted octanol–water partition coefficient (Wildman–Crippen LogP) is 3.74. The van der Waals surface area contributed by atoms with Crippen LogP contribution in [0.5, 0.6) is 0 Å². The molecule has 0 spiro atoms. The summed E-state index contributed by atoms with van der Waals surface area (Å²) in [6.45, 7) is 4.67. The number of anilines is 1. The largest absolute Gasteiger partial charge is 0.341 e. The normalized spacial score (nSPS) is 19.0. The Hall–Kier alpha value is -3.15. The highest BCUT2D eigenvalue weighted by molar-refractivity contribution is 5.96. The molecule has 31 heavy (non-hydrogen) atoms. The van der Waals surface area contributed by atoms with Crippen LogP contribution in [0, 0.1) is 0 Å². The molecule has 2 fully saturated rings. The molecule has 0 unspecified atom stereocenters. The van der Waals surface area contributed by atoms with Crippen molar-refractivity contribution in [2.24, 2.45) is 0 Å². The van der Waals surface area contributed by atoms with Crippen LogP contribution in [0.2, 0.25) is 0 Å². The molecule has 0 N–H and O–H groups in total. The Morgan fingerprint density at radius 2 is 1.81 bits per heavy atom. The summed E-state index contributed by atoms with van der Waals surface area (Å²) >= 11 is 0. The van der Waals surface area contributed by atoms with Crippen LogP contribution >= 0.6 is 0 Å². The zero-order chi connectivity index (χ0) is 21.4. The molecule has 2 aromatic carbocycles. The van der Waals surface area contributed by atoms with Crippen molar-refractivity contribution in [1.82, 2.24) is 14.5 Å². The molecule has 0 aliphatic carbocycles. The summed E-state index contributed by atoms with van der Waals surface area (Å²) in [6, 6.07) is 16.2. The van der Waals surface area contributed by atoms with Gasteiger partial charge < -0.3 is 14.4 Å². The monoisotopic (exact) mass is 416 g/mol. The molecule has 3 aromatic rings. The number of nitrogens with zero attached hydrogens (tertiary/aromatic N) is 4. The number of benzene rings is 2. The molecular weight excluding hydrogens is 388 g/mol. The van der Waals surface area contributed by atoms with E-state index >= 15 is 0 Å². The summed E-state index contributed by atoms with van der Waals surface area (Å²) in [4.78, 5) is 34.5. The Kier molecular flexibility index (Phi) is 5.22. The molecule has 1 atom stereocenters. The van der Waals surface area contributed by atoms with E-state index in [0.717, 1.165) is 54.9 Å². The van der Waals surface area contributed by atoms with Gasteiger partial charge in [-0.3, -0.25) is 9.59 Å². The van der Waals surface area contributed by atoms with Crippen LogP contribution in [0.15, 0.2) is 48.5 Å². The van der Waals surface area contributed by atoms with E-state index < -0.39 is 0 Å². The molecular formula is C25H28N4O2. The van der Waals surface area contributed by atoms with E-state index in [9.17, 15) is 9.59 Å². The van der Waals surface area contributed by atoms with Gasteiger partial charge in [0.2, 0.25) is 11.8 Å². The van der Waals surface area contributed by atoms with Crippen LogP contribution in [0.1, 0.15) is 43.5 Å². The number of amides is 2. The fourth-order valence-electron chi connectivity index (χ4n) is 4.82. The minimum Gasteiger partial charge on any atom is -0.341 e. The van der Waals surface area contributed by atoms with Gasteiger partial charge in [0.05, 0.1) is 11.0 Å². The summed E-state index contributed by atoms with van der Waals surface area (Å²) in [5.41, 5.74) is 4.03. The summed E-state index contributed by atoms with van der Waals surface area (Å²) in [5, 5.41) is 0. The molecule has 0 radical (unpaired) electrons. The number of likely N-dealkylation sites (tertiary alicyclic amines) is 1. The van der Waals surface area contributed by atoms with Gasteiger partial charge in [-0.1, -0.05) is 31.2 Å². The number of hydrogen-bond donors (Lipinski definition) is 0. The Labute approximate surface area is 182 Å². The second-order valence-corrected chi connectivity index (χ2v) is 8.56. The lowest BCUT2D eigenvalue weighted by atomic mass is 10.1. The van der Waals surface area contributed by atoms with Gasteiger partial charge in [0, 0.05) is 37.7 Å². The van der Waals surface area contributed by atoms with Crippen LogP contribution < -0.4 is 4.90 Å². The van der Waals surface area contributed by atoms with Gasteiger partial charge in [0.25, 0.3) is 0 Å². The van der Waals surface area contributed by atoms with Crippen molar-refractivity contribution in [3.05, 3.63) is 59.9 Å². The first-order chi connectivity index (χ1) is 15.1. The van der Waals surface area contributed by atoms with Crippen molar-refractivity contribution in [1.29, 1.82) is 0 Å². The third kappa shape index (κ3) is 3.71. The van der Waals surface area contributed by atoms with Crippen molar-refractivity contribution in [3.8, 4) is 0 Å². The van der Waals surface area contributed by atoms with Crippen molar-refractivity contribution < 1.29 is 9.59 Å². The number of imidazole rings is 1. The fraction of sp³-hybridized carbons (Fsp3) is 0.400. The number of aryl methyl sites for hydroxylation is 1. The molecule has 2 saturated heterocycles. The van der Waals surface area contributed by atoms with E-state index in [2.05, 4.69) is 19.1 Å². The lowest BCUT2D eigenvalue weighted by molar-refractivity contribution is -0.130. The Morgan fingerprint density at radius 3 is 2.55 bits per heavy atom. The number of carbonyl (C=O) groups is 2. The van der Waals surface area contributed by atoms with E-state index in [1.165, 1.54) is 5.56 Å². The van der Waals surface area contributed by atoms with Crippen LogP contribution in [0.3, 0.4) is 0 Å². The van der Waals surface area contributed by atoms with Gasteiger partial charge >= 0.3 is 0 Å². The maximum atomic E-state index is 12.9. The summed E-state index contributed by atoms with van der Waals surface area (Å²) in [6.07, 6.45) is 3.54. The lowest BCUT2D eigenvalue weighted by Crippen LogP contribution is -2.32. The first-order valence-corrected chi connectivity index (χ1v) is 11.3. The zero-order valence-electron chi connectivity index (χ0n) is 18.0. The average Bonchev–Trinajstić information content (AvgIpc) is 3.53. The van der Waals surface area contributed by atoms with Gasteiger partial charge in [-0.05, 0) is 49.1 Å². The quantitative estimate of drug-likeness (QED) is 0.637. The number of carbonyl (C=O) groups excluding carboxylic acids is 2. The second-order valence-electron chi connectivity index (χ2n) is 8.56. The SMILES string of the molecule is CCc1ccc(N2C[C@H](c3nc4ccccc4n3CC(=O)N3CCCC3)CC2=O)cc1. The maximum Gasteiger partial charge on any atom is 0.242 e. The third-order valence-corrected chi connectivity index (χ3v) is 6.58. The first kappa shape index (κ1) is 19.8. The lowest BCUT2D eigenvalue weighted by Gasteiger charge is -2.19. The standard InChI is InChI=1S/C25H28N4O2/c1-2-18-9-11-20(12-10-18)28-16-19(15-23(28)30)25-26-21-7-3-4-8-22(21)29(25)17-24(31)27-13-5-6-14-27/h3-4,7-12,19H,2,5-6,13-17H2,1H3/t19-/m1/s1. The predicted molar refractivity (Wildman–Crippen MR) is 121 cm³/mol. The van der Waals surface area contributed by atoms with Crippen LogP contribution in [-0.2, 0) is 22.6 Å². The molecule has 6 nitrogen and oxygen atoms in total. The van der Waals surface area contributed by atoms with Gasteiger partial charge in [-0.25, -0.2) is 4.98 Å². The highest BCUT2D eigenvalue weighted by atomic mass is 16.2. The van der Waals surface area contributed by atoms with Gasteiger partial charge in [0.15, 0.2) is 0 Å². The number of aromatic nitrogens is 2. The minimum atomic E-state index is -0.0304. The molecule has 2 aliphatic rings. The topological polar surface area (TPSA) is 58.4 Å². The number of para-hydroxylation sites is 2. The average molecular weight is 417 g/mol. The Bertz CT molecular complexity index is 1110. The highest BCUT2D eigenvalue weighted by Gasteiger charge is 2.35. The summed E-state index contributed by atoms with van der Waals surface area (Å²) in [5.74, 6) is 1.06. The molecule has 2 amide bonds. The van der Waals surface area contributed by atoms with Crippen LogP contribution in [-0.4, -0.2) is 45.9 Å². The molecule has 5 rings (SSSR count). The molecule has 0 saturated carbocycles. The minimum absolute atomic E-state index is 0.0304.